The molecule has 0 N–H and O–H groups in total. The van der Waals surface area contributed by atoms with Gasteiger partial charge in [0.2, 0.25) is 0 Å². The Morgan fingerprint density at radius 1 is 1.46 bits per heavy atom. The third kappa shape index (κ3) is 24.5. The van der Waals surface area contributed by atoms with Gasteiger partial charge in [-0.25, -0.2) is 0 Å². The third-order valence-corrected chi connectivity index (χ3v) is 3.32. The number of Topliss-reactive ketones (excluding diaryl/α,β-unsaturated/α-hetero) is 1. The summed E-state index contributed by atoms with van der Waals surface area (Å²) in [7, 11) is 0.591. The van der Waals surface area contributed by atoms with Crippen LogP contribution in [-0.4, -0.2) is 21.8 Å². The SMILES string of the molecule is C=CCS[S+]([O-])CC=C.CC(C)=O. The first-order chi connectivity index (χ1) is 6.04. The molecular formula is C9H16O2S2. The minimum absolute atomic E-state index is 0.167. The van der Waals surface area contributed by atoms with Crippen molar-refractivity contribution in [3.8, 4) is 0 Å². The molecule has 0 aromatic carbocycles. The second-order valence-corrected chi connectivity index (χ2v) is 5.57. The molecule has 1 atom stereocenters. The van der Waals surface area contributed by atoms with E-state index in [1.165, 1.54) is 24.6 Å². The van der Waals surface area contributed by atoms with E-state index in [4.69, 9.17) is 0 Å². The molecule has 0 aliphatic heterocycles. The van der Waals surface area contributed by atoms with Crippen molar-refractivity contribution in [1.29, 1.82) is 0 Å². The van der Waals surface area contributed by atoms with Crippen LogP contribution in [0.3, 0.4) is 0 Å². The second-order valence-electron chi connectivity index (χ2n) is 2.24. The van der Waals surface area contributed by atoms with E-state index >= 15 is 0 Å². The highest BCUT2D eigenvalue weighted by Gasteiger charge is 2.01. The van der Waals surface area contributed by atoms with Crippen molar-refractivity contribution in [2.75, 3.05) is 11.5 Å². The summed E-state index contributed by atoms with van der Waals surface area (Å²) in [5, 5.41) is 0. The average molecular weight is 220 g/mol. The molecular weight excluding hydrogens is 204 g/mol. The van der Waals surface area contributed by atoms with Crippen molar-refractivity contribution < 1.29 is 9.35 Å². The highest BCUT2D eigenvalue weighted by molar-refractivity contribution is 8.72. The Balaban J connectivity index is 0. The molecule has 0 saturated carbocycles. The lowest BCUT2D eigenvalue weighted by atomic mass is 10.6. The van der Waals surface area contributed by atoms with Crippen LogP contribution >= 0.6 is 10.8 Å². The van der Waals surface area contributed by atoms with Crippen LogP contribution in [0.15, 0.2) is 25.3 Å². The maximum absolute atomic E-state index is 10.8. The Bertz CT molecular complexity index is 154. The summed E-state index contributed by atoms with van der Waals surface area (Å²) in [4.78, 5) is 9.44. The normalized spacial score (nSPS) is 10.7. The van der Waals surface area contributed by atoms with Crippen molar-refractivity contribution in [3.05, 3.63) is 25.3 Å². The Labute approximate surface area is 87.1 Å². The zero-order valence-electron chi connectivity index (χ0n) is 8.12. The summed E-state index contributed by atoms with van der Waals surface area (Å²) in [5.41, 5.74) is 0. The van der Waals surface area contributed by atoms with Crippen LogP contribution in [0.1, 0.15) is 13.8 Å². The highest BCUT2D eigenvalue weighted by atomic mass is 33.1. The fraction of sp³-hybridized carbons (Fsp3) is 0.444. The van der Waals surface area contributed by atoms with Crippen molar-refractivity contribution in [1.82, 2.24) is 0 Å². The van der Waals surface area contributed by atoms with Gasteiger partial charge < -0.3 is 9.35 Å². The minimum atomic E-state index is -0.793. The van der Waals surface area contributed by atoms with Crippen LogP contribution < -0.4 is 0 Å². The molecule has 0 rings (SSSR count). The third-order valence-electron chi connectivity index (χ3n) is 0.571. The Morgan fingerprint density at radius 2 is 1.92 bits per heavy atom. The first-order valence-corrected chi connectivity index (χ1v) is 6.57. The van der Waals surface area contributed by atoms with E-state index in [-0.39, 0.29) is 5.78 Å². The van der Waals surface area contributed by atoms with Crippen molar-refractivity contribution in [2.45, 2.75) is 13.8 Å². The molecule has 2 nitrogen and oxygen atoms in total. The molecule has 0 amide bonds. The van der Waals surface area contributed by atoms with E-state index in [9.17, 15) is 9.35 Å². The van der Waals surface area contributed by atoms with Gasteiger partial charge in [0.25, 0.3) is 0 Å². The van der Waals surface area contributed by atoms with E-state index in [2.05, 4.69) is 13.2 Å². The quantitative estimate of drug-likeness (QED) is 0.405. The zero-order chi connectivity index (χ0) is 10.7. The van der Waals surface area contributed by atoms with Gasteiger partial charge in [-0.1, -0.05) is 12.7 Å². The lowest BCUT2D eigenvalue weighted by Gasteiger charge is -2.02. The lowest BCUT2D eigenvalue weighted by molar-refractivity contribution is -0.114. The second kappa shape index (κ2) is 11.8. The maximum Gasteiger partial charge on any atom is 0.135 e. The van der Waals surface area contributed by atoms with Gasteiger partial charge in [-0.15, -0.1) is 6.58 Å². The summed E-state index contributed by atoms with van der Waals surface area (Å²) in [6.45, 7) is 10.0. The largest absolute Gasteiger partial charge is 0.605 e. The van der Waals surface area contributed by atoms with E-state index in [0.717, 1.165) is 5.75 Å². The van der Waals surface area contributed by atoms with Crippen LogP contribution in [0.5, 0.6) is 0 Å². The van der Waals surface area contributed by atoms with Gasteiger partial charge >= 0.3 is 0 Å². The molecule has 0 bridgehead atoms. The molecule has 0 aromatic rings. The van der Waals surface area contributed by atoms with Gasteiger partial charge in [-0.2, -0.15) is 0 Å². The topological polar surface area (TPSA) is 40.1 Å². The van der Waals surface area contributed by atoms with Gasteiger partial charge in [0.05, 0.1) is 16.5 Å². The van der Waals surface area contributed by atoms with E-state index in [1.54, 1.807) is 12.2 Å². The molecule has 0 radical (unpaired) electrons. The van der Waals surface area contributed by atoms with Crippen molar-refractivity contribution in [2.24, 2.45) is 0 Å². The predicted molar refractivity (Wildman–Crippen MR) is 62.2 cm³/mol. The lowest BCUT2D eigenvalue weighted by Crippen LogP contribution is -1.97. The number of carbonyl (C=O) groups is 1. The molecule has 0 fully saturated rings. The summed E-state index contributed by atoms with van der Waals surface area (Å²) >= 11 is 0. The highest BCUT2D eigenvalue weighted by Crippen LogP contribution is 2.12. The Hall–Kier alpha value is -0.190. The maximum atomic E-state index is 10.8. The van der Waals surface area contributed by atoms with Crippen LogP contribution in [0.2, 0.25) is 0 Å². The van der Waals surface area contributed by atoms with Gasteiger partial charge in [0.15, 0.2) is 0 Å². The number of carbonyl (C=O) groups excluding carboxylic acids is 1. The van der Waals surface area contributed by atoms with E-state index in [0.29, 0.717) is 5.75 Å². The van der Waals surface area contributed by atoms with E-state index in [1.807, 2.05) is 0 Å². The van der Waals surface area contributed by atoms with Crippen LogP contribution in [-0.2, 0) is 15.0 Å². The standard InChI is InChI=1S/C6H10OS2.C3H6O/c1-3-5-8-9(7)6-4-2;1-3(2)4/h3-4H,1-2,5-6H2;1-2H3. The molecule has 13 heavy (non-hydrogen) atoms. The van der Waals surface area contributed by atoms with Gasteiger partial charge in [0.1, 0.15) is 11.5 Å². The van der Waals surface area contributed by atoms with Gasteiger partial charge in [-0.3, -0.25) is 0 Å². The molecule has 0 aliphatic rings. The first kappa shape index (κ1) is 15.3. The number of rotatable bonds is 5. The van der Waals surface area contributed by atoms with Gasteiger partial charge in [-0.05, 0) is 19.9 Å². The monoisotopic (exact) mass is 220 g/mol. The molecule has 0 spiro atoms. The molecule has 0 heterocycles. The fourth-order valence-corrected chi connectivity index (χ4v) is 2.13. The van der Waals surface area contributed by atoms with Crippen molar-refractivity contribution in [3.63, 3.8) is 0 Å². The van der Waals surface area contributed by atoms with E-state index < -0.39 is 10.2 Å². The molecule has 0 aromatic heterocycles. The Kier molecular flexibility index (Phi) is 13.9. The number of ketones is 1. The molecule has 0 saturated heterocycles. The van der Waals surface area contributed by atoms with Crippen LogP contribution in [0.25, 0.3) is 0 Å². The smallest absolute Gasteiger partial charge is 0.135 e. The zero-order valence-corrected chi connectivity index (χ0v) is 9.75. The Morgan fingerprint density at radius 3 is 2.23 bits per heavy atom. The molecule has 0 aliphatic carbocycles. The number of hydrogen-bond acceptors (Lipinski definition) is 3. The number of hydrogen-bond donors (Lipinski definition) is 0. The van der Waals surface area contributed by atoms with Crippen molar-refractivity contribution >= 4 is 26.8 Å². The first-order valence-electron chi connectivity index (χ1n) is 3.75. The summed E-state index contributed by atoms with van der Waals surface area (Å²) in [5.74, 6) is 1.49. The molecule has 76 valence electrons. The fourth-order valence-electron chi connectivity index (χ4n) is 0.268. The predicted octanol–water partition coefficient (Wildman–Crippen LogP) is 2.35. The summed E-state index contributed by atoms with van der Waals surface area (Å²) < 4.78 is 10.8. The average Bonchev–Trinajstić information content (AvgIpc) is 2.00. The molecule has 1 unspecified atom stereocenters. The minimum Gasteiger partial charge on any atom is -0.605 e. The molecule has 4 heteroatoms. The summed E-state index contributed by atoms with van der Waals surface area (Å²) in [6, 6.07) is 0. The van der Waals surface area contributed by atoms with Crippen LogP contribution in [0.4, 0.5) is 0 Å². The summed E-state index contributed by atoms with van der Waals surface area (Å²) in [6.07, 6.45) is 3.40. The van der Waals surface area contributed by atoms with Crippen LogP contribution in [0, 0.1) is 0 Å². The van der Waals surface area contributed by atoms with Gasteiger partial charge in [0, 0.05) is 10.2 Å².